The Morgan fingerprint density at radius 2 is 1.79 bits per heavy atom. The zero-order valence-corrected chi connectivity index (χ0v) is 14.7. The molecule has 0 spiro atoms. The van der Waals surface area contributed by atoms with E-state index in [4.69, 9.17) is 11.6 Å². The van der Waals surface area contributed by atoms with Crippen molar-refractivity contribution >= 4 is 45.1 Å². The smallest absolute Gasteiger partial charge is 0.187 e. The molecule has 0 aliphatic heterocycles. The van der Waals surface area contributed by atoms with Gasteiger partial charge in [-0.3, -0.25) is 4.98 Å². The lowest BCUT2D eigenvalue weighted by molar-refractivity contribution is 1.27. The summed E-state index contributed by atoms with van der Waals surface area (Å²) >= 11 is 9.10. The van der Waals surface area contributed by atoms with Gasteiger partial charge in [-0.1, -0.05) is 23.7 Å². The topological polar surface area (TPSA) is 50.7 Å². The summed E-state index contributed by atoms with van der Waals surface area (Å²) in [7, 11) is 0. The Morgan fingerprint density at radius 3 is 2.62 bits per heavy atom. The first-order chi connectivity index (χ1) is 11.8. The largest absolute Gasteiger partial charge is 0.331 e. The van der Waals surface area contributed by atoms with Crippen LogP contribution in [0.4, 0.5) is 10.8 Å². The molecule has 4 nitrogen and oxygen atoms in total. The molecule has 3 heterocycles. The number of hydrogen-bond donors (Lipinski definition) is 1. The van der Waals surface area contributed by atoms with E-state index >= 15 is 0 Å². The van der Waals surface area contributed by atoms with Crippen molar-refractivity contribution in [3.63, 3.8) is 0 Å². The van der Waals surface area contributed by atoms with Crippen LogP contribution < -0.4 is 5.32 Å². The third-order valence-electron chi connectivity index (χ3n) is 3.23. The Labute approximate surface area is 151 Å². The fourth-order valence-electron chi connectivity index (χ4n) is 2.14. The van der Waals surface area contributed by atoms with Crippen molar-refractivity contribution in [1.29, 1.82) is 0 Å². The van der Waals surface area contributed by atoms with Crippen LogP contribution in [-0.2, 0) is 0 Å². The average Bonchev–Trinajstić information content (AvgIpc) is 3.25. The molecule has 0 radical (unpaired) electrons. The quantitative estimate of drug-likeness (QED) is 0.498. The van der Waals surface area contributed by atoms with Crippen molar-refractivity contribution in [3.05, 3.63) is 64.4 Å². The van der Waals surface area contributed by atoms with Gasteiger partial charge < -0.3 is 5.32 Å². The van der Waals surface area contributed by atoms with E-state index in [9.17, 15) is 0 Å². The predicted molar refractivity (Wildman–Crippen MR) is 101 cm³/mol. The summed E-state index contributed by atoms with van der Waals surface area (Å²) in [5, 5.41) is 9.64. The van der Waals surface area contributed by atoms with Gasteiger partial charge in [0.05, 0.1) is 5.69 Å². The molecule has 3 aromatic heterocycles. The highest BCUT2D eigenvalue weighted by Gasteiger charge is 2.11. The number of thiazole rings is 2. The SMILES string of the molecule is Clc1cccc(Nc2nc(-c3nc(-c4ccccn4)cs3)cs2)c1. The van der Waals surface area contributed by atoms with Crippen molar-refractivity contribution in [2.75, 3.05) is 5.32 Å². The lowest BCUT2D eigenvalue weighted by atomic mass is 10.3. The van der Waals surface area contributed by atoms with Crippen LogP contribution in [0.5, 0.6) is 0 Å². The lowest BCUT2D eigenvalue weighted by Gasteiger charge is -2.01. The molecule has 0 atom stereocenters. The van der Waals surface area contributed by atoms with Crippen LogP contribution in [0.3, 0.4) is 0 Å². The van der Waals surface area contributed by atoms with Gasteiger partial charge in [0.15, 0.2) is 5.13 Å². The minimum atomic E-state index is 0.691. The Morgan fingerprint density at radius 1 is 0.875 bits per heavy atom. The lowest BCUT2D eigenvalue weighted by Crippen LogP contribution is -1.89. The first kappa shape index (κ1) is 15.3. The minimum absolute atomic E-state index is 0.691. The van der Waals surface area contributed by atoms with Gasteiger partial charge in [0.2, 0.25) is 0 Å². The van der Waals surface area contributed by atoms with Crippen molar-refractivity contribution in [2.24, 2.45) is 0 Å². The molecule has 0 bridgehead atoms. The molecule has 7 heteroatoms. The molecular weight excluding hydrogens is 360 g/mol. The van der Waals surface area contributed by atoms with Crippen LogP contribution in [0, 0.1) is 0 Å². The maximum atomic E-state index is 6.00. The third kappa shape index (κ3) is 3.31. The molecule has 4 aromatic rings. The second kappa shape index (κ2) is 6.68. The molecule has 1 N–H and O–H groups in total. The minimum Gasteiger partial charge on any atom is -0.331 e. The summed E-state index contributed by atoms with van der Waals surface area (Å²) in [5.41, 5.74) is 3.51. The zero-order valence-electron chi connectivity index (χ0n) is 12.3. The summed E-state index contributed by atoms with van der Waals surface area (Å²) in [6.07, 6.45) is 1.77. The average molecular weight is 371 g/mol. The highest BCUT2D eigenvalue weighted by Crippen LogP contribution is 2.31. The molecule has 0 amide bonds. The second-order valence-electron chi connectivity index (χ2n) is 4.93. The molecule has 0 saturated carbocycles. The number of pyridine rings is 1. The summed E-state index contributed by atoms with van der Waals surface area (Å²) in [6, 6.07) is 13.4. The van der Waals surface area contributed by atoms with Gasteiger partial charge in [0.1, 0.15) is 16.4 Å². The van der Waals surface area contributed by atoms with E-state index in [2.05, 4.69) is 20.3 Å². The van der Waals surface area contributed by atoms with Crippen molar-refractivity contribution in [2.45, 2.75) is 0 Å². The Balaban J connectivity index is 1.56. The normalized spacial score (nSPS) is 10.7. The summed E-state index contributed by atoms with van der Waals surface area (Å²) < 4.78 is 0. The first-order valence-corrected chi connectivity index (χ1v) is 9.27. The highest BCUT2D eigenvalue weighted by atomic mass is 35.5. The molecule has 0 unspecified atom stereocenters. The van der Waals surface area contributed by atoms with E-state index in [1.165, 1.54) is 11.3 Å². The first-order valence-electron chi connectivity index (χ1n) is 7.13. The second-order valence-corrected chi connectivity index (χ2v) is 7.08. The van der Waals surface area contributed by atoms with Gasteiger partial charge in [0, 0.05) is 27.7 Å². The van der Waals surface area contributed by atoms with Gasteiger partial charge in [-0.15, -0.1) is 22.7 Å². The van der Waals surface area contributed by atoms with Crippen molar-refractivity contribution < 1.29 is 0 Å². The van der Waals surface area contributed by atoms with Gasteiger partial charge in [-0.25, -0.2) is 9.97 Å². The zero-order chi connectivity index (χ0) is 16.4. The summed E-state index contributed by atoms with van der Waals surface area (Å²) in [6.45, 7) is 0. The number of rotatable bonds is 4. The molecule has 4 rings (SSSR count). The Hall–Kier alpha value is -2.28. The Bertz CT molecular complexity index is 965. The van der Waals surface area contributed by atoms with Crippen LogP contribution in [0.15, 0.2) is 59.4 Å². The summed E-state index contributed by atoms with van der Waals surface area (Å²) in [5.74, 6) is 0. The molecule has 1 aromatic carbocycles. The van der Waals surface area contributed by atoms with Gasteiger partial charge in [-0.2, -0.15) is 0 Å². The van der Waals surface area contributed by atoms with E-state index in [0.717, 1.165) is 32.9 Å². The van der Waals surface area contributed by atoms with E-state index in [1.54, 1.807) is 17.5 Å². The number of halogens is 1. The maximum absolute atomic E-state index is 6.00. The molecule has 24 heavy (non-hydrogen) atoms. The molecule has 0 aliphatic rings. The fourth-order valence-corrected chi connectivity index (χ4v) is 3.90. The van der Waals surface area contributed by atoms with Crippen LogP contribution in [0.2, 0.25) is 5.02 Å². The van der Waals surface area contributed by atoms with Crippen LogP contribution in [0.25, 0.3) is 22.1 Å². The Kier molecular flexibility index (Phi) is 4.25. The monoisotopic (exact) mass is 370 g/mol. The fraction of sp³-hybridized carbons (Fsp3) is 0. The molecule has 0 saturated heterocycles. The highest BCUT2D eigenvalue weighted by molar-refractivity contribution is 7.15. The van der Waals surface area contributed by atoms with Crippen LogP contribution in [0.1, 0.15) is 0 Å². The van der Waals surface area contributed by atoms with Crippen molar-refractivity contribution in [1.82, 2.24) is 15.0 Å². The number of nitrogens with one attached hydrogen (secondary N) is 1. The van der Waals surface area contributed by atoms with E-state index in [0.29, 0.717) is 5.02 Å². The van der Waals surface area contributed by atoms with Gasteiger partial charge in [-0.05, 0) is 30.3 Å². The predicted octanol–water partition coefficient (Wildman–Crippen LogP) is 5.73. The molecule has 118 valence electrons. The number of nitrogens with zero attached hydrogens (tertiary/aromatic N) is 3. The van der Waals surface area contributed by atoms with E-state index < -0.39 is 0 Å². The van der Waals surface area contributed by atoms with E-state index in [-0.39, 0.29) is 0 Å². The third-order valence-corrected chi connectivity index (χ3v) is 5.09. The number of benzene rings is 1. The summed E-state index contributed by atoms with van der Waals surface area (Å²) in [4.78, 5) is 13.6. The molecular formula is C17H11ClN4S2. The van der Waals surface area contributed by atoms with Crippen molar-refractivity contribution in [3.8, 4) is 22.1 Å². The van der Waals surface area contributed by atoms with Crippen LogP contribution in [-0.4, -0.2) is 15.0 Å². The van der Waals surface area contributed by atoms with Gasteiger partial charge in [0.25, 0.3) is 0 Å². The van der Waals surface area contributed by atoms with E-state index in [1.807, 2.05) is 53.2 Å². The maximum Gasteiger partial charge on any atom is 0.187 e. The van der Waals surface area contributed by atoms with Gasteiger partial charge >= 0.3 is 0 Å². The molecule has 0 fully saturated rings. The van der Waals surface area contributed by atoms with Crippen LogP contribution >= 0.6 is 34.3 Å². The number of hydrogen-bond acceptors (Lipinski definition) is 6. The molecule has 0 aliphatic carbocycles. The standard InChI is InChI=1S/C17H11ClN4S2/c18-11-4-3-5-12(8-11)20-17-22-15(10-24-17)16-21-14(9-23-16)13-6-1-2-7-19-13/h1-10H,(H,20,22). The number of aromatic nitrogens is 3. The number of anilines is 2.